The molecule has 1 aliphatic carbocycles. The molecule has 2 N–H and O–H groups in total. The van der Waals surface area contributed by atoms with E-state index in [0.29, 0.717) is 28.4 Å². The Morgan fingerprint density at radius 2 is 1.95 bits per heavy atom. The highest BCUT2D eigenvalue weighted by Gasteiger charge is 2.45. The SMILES string of the molecule is CC(C)C1(CNc2nc3c([nH]2)c(=O)n(C)c(=O)n3C)CC1. The molecule has 0 atom stereocenters. The lowest BCUT2D eigenvalue weighted by molar-refractivity contribution is 0.379. The molecule has 1 fully saturated rings. The van der Waals surface area contributed by atoms with Crippen molar-refractivity contribution in [3.05, 3.63) is 20.8 Å². The highest BCUT2D eigenvalue weighted by Crippen LogP contribution is 2.51. The van der Waals surface area contributed by atoms with Crippen molar-refractivity contribution in [3.63, 3.8) is 0 Å². The molecule has 7 nitrogen and oxygen atoms in total. The third-order valence-corrected chi connectivity index (χ3v) is 4.82. The van der Waals surface area contributed by atoms with E-state index < -0.39 is 0 Å². The summed E-state index contributed by atoms with van der Waals surface area (Å²) in [7, 11) is 3.08. The van der Waals surface area contributed by atoms with Crippen LogP contribution in [-0.4, -0.2) is 25.6 Å². The Morgan fingerprint density at radius 3 is 2.52 bits per heavy atom. The maximum atomic E-state index is 12.1. The Bertz CT molecular complexity index is 807. The third-order valence-electron chi connectivity index (χ3n) is 4.82. The molecule has 0 bridgehead atoms. The lowest BCUT2D eigenvalue weighted by Crippen LogP contribution is -2.36. The van der Waals surface area contributed by atoms with Crippen LogP contribution in [0.15, 0.2) is 9.59 Å². The van der Waals surface area contributed by atoms with E-state index in [0.717, 1.165) is 11.1 Å². The van der Waals surface area contributed by atoms with Gasteiger partial charge in [0.15, 0.2) is 11.2 Å². The van der Waals surface area contributed by atoms with Crippen LogP contribution in [0.3, 0.4) is 0 Å². The molecule has 0 amide bonds. The fraction of sp³-hybridized carbons (Fsp3) is 0.643. The monoisotopic (exact) mass is 291 g/mol. The topological polar surface area (TPSA) is 84.7 Å². The van der Waals surface area contributed by atoms with Crippen LogP contribution in [-0.2, 0) is 14.1 Å². The second-order valence-electron chi connectivity index (χ2n) is 6.36. The van der Waals surface area contributed by atoms with Gasteiger partial charge in [0.2, 0.25) is 5.95 Å². The summed E-state index contributed by atoms with van der Waals surface area (Å²) in [6, 6.07) is 0. The Labute approximate surface area is 122 Å². The molecular formula is C14H21N5O2. The van der Waals surface area contributed by atoms with Gasteiger partial charge in [0.25, 0.3) is 5.56 Å². The van der Waals surface area contributed by atoms with Gasteiger partial charge in [0.1, 0.15) is 0 Å². The maximum absolute atomic E-state index is 12.1. The quantitative estimate of drug-likeness (QED) is 0.873. The zero-order valence-electron chi connectivity index (χ0n) is 12.9. The Morgan fingerprint density at radius 1 is 1.29 bits per heavy atom. The summed E-state index contributed by atoms with van der Waals surface area (Å²) >= 11 is 0. The molecule has 1 saturated carbocycles. The average Bonchev–Trinajstić information content (AvgIpc) is 3.14. The first-order valence-corrected chi connectivity index (χ1v) is 7.25. The molecule has 3 rings (SSSR count). The smallest absolute Gasteiger partial charge is 0.332 e. The Kier molecular flexibility index (Phi) is 2.96. The van der Waals surface area contributed by atoms with E-state index in [1.807, 2.05) is 0 Å². The second-order valence-corrected chi connectivity index (χ2v) is 6.36. The molecule has 0 radical (unpaired) electrons. The van der Waals surface area contributed by atoms with Gasteiger partial charge in [-0.2, -0.15) is 4.98 Å². The number of aromatic amines is 1. The van der Waals surface area contributed by atoms with Crippen LogP contribution in [0.5, 0.6) is 0 Å². The number of aryl methyl sites for hydroxylation is 1. The molecule has 1 aliphatic rings. The van der Waals surface area contributed by atoms with Gasteiger partial charge in [0.05, 0.1) is 0 Å². The van der Waals surface area contributed by atoms with E-state index in [2.05, 4.69) is 29.1 Å². The van der Waals surface area contributed by atoms with Crippen molar-refractivity contribution >= 4 is 17.1 Å². The molecule has 2 aromatic heterocycles. The third kappa shape index (κ3) is 2.07. The largest absolute Gasteiger partial charge is 0.355 e. The van der Waals surface area contributed by atoms with Gasteiger partial charge in [-0.1, -0.05) is 13.8 Å². The number of fused-ring (bicyclic) bond motifs is 1. The van der Waals surface area contributed by atoms with Gasteiger partial charge >= 0.3 is 5.69 Å². The summed E-state index contributed by atoms with van der Waals surface area (Å²) in [5, 5.41) is 3.28. The van der Waals surface area contributed by atoms with Crippen molar-refractivity contribution in [1.82, 2.24) is 19.1 Å². The fourth-order valence-electron chi connectivity index (χ4n) is 2.79. The van der Waals surface area contributed by atoms with Gasteiger partial charge in [-0.25, -0.2) is 4.79 Å². The predicted octanol–water partition coefficient (Wildman–Crippen LogP) is 0.808. The van der Waals surface area contributed by atoms with Crippen LogP contribution in [0.2, 0.25) is 0 Å². The minimum absolute atomic E-state index is 0.343. The number of nitrogens with one attached hydrogen (secondary N) is 2. The molecule has 2 heterocycles. The second kappa shape index (κ2) is 4.47. The number of nitrogens with zero attached hydrogens (tertiary/aromatic N) is 3. The molecule has 2 aromatic rings. The van der Waals surface area contributed by atoms with Crippen molar-refractivity contribution in [3.8, 4) is 0 Å². The van der Waals surface area contributed by atoms with E-state index in [4.69, 9.17) is 0 Å². The van der Waals surface area contributed by atoms with Crippen LogP contribution in [0.25, 0.3) is 11.2 Å². The molecule has 0 aliphatic heterocycles. The first kappa shape index (κ1) is 13.9. The maximum Gasteiger partial charge on any atom is 0.332 e. The van der Waals surface area contributed by atoms with Gasteiger partial charge in [-0.3, -0.25) is 13.9 Å². The van der Waals surface area contributed by atoms with E-state index in [9.17, 15) is 9.59 Å². The average molecular weight is 291 g/mol. The first-order chi connectivity index (χ1) is 9.85. The molecule has 0 spiro atoms. The van der Waals surface area contributed by atoms with Crippen LogP contribution >= 0.6 is 0 Å². The van der Waals surface area contributed by atoms with Crippen LogP contribution in [0.4, 0.5) is 5.95 Å². The molecule has 7 heteroatoms. The van der Waals surface area contributed by atoms with Gasteiger partial charge < -0.3 is 10.3 Å². The number of hydrogen-bond acceptors (Lipinski definition) is 4. The summed E-state index contributed by atoms with van der Waals surface area (Å²) in [6.07, 6.45) is 2.44. The number of H-pyrrole nitrogens is 1. The van der Waals surface area contributed by atoms with E-state index >= 15 is 0 Å². The van der Waals surface area contributed by atoms with Gasteiger partial charge in [0, 0.05) is 20.6 Å². The highest BCUT2D eigenvalue weighted by atomic mass is 16.2. The summed E-state index contributed by atoms with van der Waals surface area (Å²) in [5.74, 6) is 1.17. The van der Waals surface area contributed by atoms with Crippen molar-refractivity contribution in [2.45, 2.75) is 26.7 Å². The molecule has 21 heavy (non-hydrogen) atoms. The molecule has 0 saturated heterocycles. The van der Waals surface area contributed by atoms with Gasteiger partial charge in [-0.15, -0.1) is 0 Å². The lowest BCUT2D eigenvalue weighted by Gasteiger charge is -2.19. The normalized spacial score (nSPS) is 16.6. The van der Waals surface area contributed by atoms with Crippen molar-refractivity contribution in [1.29, 1.82) is 0 Å². The molecular weight excluding hydrogens is 270 g/mol. The Balaban J connectivity index is 1.95. The molecule has 0 unspecified atom stereocenters. The zero-order valence-corrected chi connectivity index (χ0v) is 12.9. The van der Waals surface area contributed by atoms with E-state index in [1.54, 1.807) is 7.05 Å². The van der Waals surface area contributed by atoms with Crippen molar-refractivity contribution in [2.75, 3.05) is 11.9 Å². The first-order valence-electron chi connectivity index (χ1n) is 7.25. The molecule has 114 valence electrons. The number of anilines is 1. The minimum atomic E-state index is -0.369. The standard InChI is InChI=1S/C14H21N5O2/c1-8(2)14(5-6-14)7-15-12-16-9-10(17-12)18(3)13(21)19(4)11(9)20/h8H,5-7H2,1-4H3,(H2,15,16,17). The number of rotatable bonds is 4. The van der Waals surface area contributed by atoms with E-state index in [1.165, 1.54) is 24.5 Å². The van der Waals surface area contributed by atoms with Crippen LogP contribution < -0.4 is 16.6 Å². The van der Waals surface area contributed by atoms with Crippen LogP contribution in [0.1, 0.15) is 26.7 Å². The summed E-state index contributed by atoms with van der Waals surface area (Å²) < 4.78 is 2.47. The van der Waals surface area contributed by atoms with Gasteiger partial charge in [-0.05, 0) is 24.2 Å². The number of hydrogen-bond donors (Lipinski definition) is 2. The number of aromatic nitrogens is 4. The minimum Gasteiger partial charge on any atom is -0.355 e. The predicted molar refractivity (Wildman–Crippen MR) is 81.6 cm³/mol. The van der Waals surface area contributed by atoms with Crippen molar-refractivity contribution in [2.24, 2.45) is 25.4 Å². The van der Waals surface area contributed by atoms with Crippen LogP contribution in [0, 0.1) is 11.3 Å². The summed E-state index contributed by atoms with van der Waals surface area (Å²) in [5.41, 5.74) is 0.372. The summed E-state index contributed by atoms with van der Waals surface area (Å²) in [4.78, 5) is 31.3. The van der Waals surface area contributed by atoms with E-state index in [-0.39, 0.29) is 11.2 Å². The Hall–Kier alpha value is -2.05. The highest BCUT2D eigenvalue weighted by molar-refractivity contribution is 5.72. The molecule has 0 aromatic carbocycles. The zero-order chi connectivity index (χ0) is 15.4. The summed E-state index contributed by atoms with van der Waals surface area (Å²) in [6.45, 7) is 5.29. The van der Waals surface area contributed by atoms with Crippen molar-refractivity contribution < 1.29 is 0 Å². The number of imidazole rings is 1. The fourth-order valence-corrected chi connectivity index (χ4v) is 2.79. The lowest BCUT2D eigenvalue weighted by atomic mass is 9.92.